The molecule has 4 nitrogen and oxygen atoms in total. The monoisotopic (exact) mass is 228 g/mol. The van der Waals surface area contributed by atoms with Crippen LogP contribution in [0.3, 0.4) is 0 Å². The number of aromatic nitrogens is 2. The van der Waals surface area contributed by atoms with Crippen LogP contribution >= 0.6 is 0 Å². The molecule has 0 saturated carbocycles. The molecule has 2 aromatic rings. The molecule has 0 spiro atoms. The Kier molecular flexibility index (Phi) is 3.40. The molecule has 0 aliphatic carbocycles. The Balaban J connectivity index is 2.25. The van der Waals surface area contributed by atoms with Crippen molar-refractivity contribution in [1.29, 1.82) is 5.26 Å². The van der Waals surface area contributed by atoms with E-state index in [0.717, 1.165) is 29.7 Å². The van der Waals surface area contributed by atoms with Crippen LogP contribution in [0.2, 0.25) is 0 Å². The van der Waals surface area contributed by atoms with Gasteiger partial charge in [-0.15, -0.1) is 0 Å². The minimum Gasteiger partial charge on any atom is -0.360 e. The van der Waals surface area contributed by atoms with E-state index < -0.39 is 0 Å². The van der Waals surface area contributed by atoms with E-state index in [1.165, 1.54) is 0 Å². The lowest BCUT2D eigenvalue weighted by atomic mass is 10.1. The van der Waals surface area contributed by atoms with Crippen LogP contribution in [0.1, 0.15) is 25.1 Å². The van der Waals surface area contributed by atoms with E-state index in [9.17, 15) is 0 Å². The second-order valence-corrected chi connectivity index (χ2v) is 4.54. The van der Waals surface area contributed by atoms with E-state index in [4.69, 9.17) is 5.26 Å². The molecule has 2 rings (SSSR count). The standard InChI is InChI=1S/C13H16N4/c1-9(2)7-15-8-10-5-11(6-14)17-12-3-4-16-13(10)12/h3-5,9,15-16H,7-8H2,1-2H3. The van der Waals surface area contributed by atoms with E-state index in [0.29, 0.717) is 11.6 Å². The maximum Gasteiger partial charge on any atom is 0.141 e. The molecule has 2 heterocycles. The van der Waals surface area contributed by atoms with Gasteiger partial charge in [-0.25, -0.2) is 4.98 Å². The second-order valence-electron chi connectivity index (χ2n) is 4.54. The first-order valence-corrected chi connectivity index (χ1v) is 5.78. The number of nitrogens with zero attached hydrogens (tertiary/aromatic N) is 2. The van der Waals surface area contributed by atoms with Crippen LogP contribution in [-0.4, -0.2) is 16.5 Å². The number of rotatable bonds is 4. The zero-order valence-electron chi connectivity index (χ0n) is 10.1. The van der Waals surface area contributed by atoms with Gasteiger partial charge in [-0.2, -0.15) is 5.26 Å². The van der Waals surface area contributed by atoms with Crippen molar-refractivity contribution in [3.8, 4) is 6.07 Å². The normalized spacial score (nSPS) is 10.9. The average molecular weight is 228 g/mol. The predicted octanol–water partition coefficient (Wildman–Crippen LogP) is 2.18. The highest BCUT2D eigenvalue weighted by atomic mass is 14.9. The summed E-state index contributed by atoms with van der Waals surface area (Å²) in [4.78, 5) is 7.40. The Bertz CT molecular complexity index is 548. The van der Waals surface area contributed by atoms with Crippen LogP contribution in [-0.2, 0) is 6.54 Å². The first kappa shape index (κ1) is 11.6. The van der Waals surface area contributed by atoms with E-state index in [-0.39, 0.29) is 0 Å². The Morgan fingerprint density at radius 3 is 3.06 bits per heavy atom. The third kappa shape index (κ3) is 2.63. The van der Waals surface area contributed by atoms with Crippen molar-refractivity contribution in [2.24, 2.45) is 5.92 Å². The van der Waals surface area contributed by atoms with Gasteiger partial charge in [0.25, 0.3) is 0 Å². The van der Waals surface area contributed by atoms with Crippen molar-refractivity contribution in [3.05, 3.63) is 29.6 Å². The van der Waals surface area contributed by atoms with Crippen molar-refractivity contribution >= 4 is 11.0 Å². The molecule has 0 aliphatic rings. The van der Waals surface area contributed by atoms with E-state index in [1.54, 1.807) is 0 Å². The highest BCUT2D eigenvalue weighted by molar-refractivity contribution is 5.79. The summed E-state index contributed by atoms with van der Waals surface area (Å²) < 4.78 is 0. The number of fused-ring (bicyclic) bond motifs is 1. The molecule has 88 valence electrons. The first-order valence-electron chi connectivity index (χ1n) is 5.78. The highest BCUT2D eigenvalue weighted by Gasteiger charge is 2.06. The molecule has 0 atom stereocenters. The lowest BCUT2D eigenvalue weighted by molar-refractivity contribution is 0.553. The summed E-state index contributed by atoms with van der Waals surface area (Å²) in [5, 5.41) is 12.3. The largest absolute Gasteiger partial charge is 0.360 e. The molecular weight excluding hydrogens is 212 g/mol. The number of pyridine rings is 1. The summed E-state index contributed by atoms with van der Waals surface area (Å²) in [6.07, 6.45) is 1.85. The third-order valence-corrected chi connectivity index (χ3v) is 2.58. The second kappa shape index (κ2) is 4.98. The fraction of sp³-hybridized carbons (Fsp3) is 0.385. The lowest BCUT2D eigenvalue weighted by Crippen LogP contribution is -2.19. The molecule has 0 radical (unpaired) electrons. The molecule has 4 heteroatoms. The van der Waals surface area contributed by atoms with Gasteiger partial charge in [-0.3, -0.25) is 0 Å². The quantitative estimate of drug-likeness (QED) is 0.843. The maximum atomic E-state index is 8.93. The molecule has 0 unspecified atom stereocenters. The summed E-state index contributed by atoms with van der Waals surface area (Å²) in [5.74, 6) is 0.617. The maximum absolute atomic E-state index is 8.93. The number of aromatic amines is 1. The predicted molar refractivity (Wildman–Crippen MR) is 67.4 cm³/mol. The molecular formula is C13H16N4. The zero-order chi connectivity index (χ0) is 12.3. The van der Waals surface area contributed by atoms with Crippen LogP contribution in [0.25, 0.3) is 11.0 Å². The summed E-state index contributed by atoms with van der Waals surface area (Å²) in [6.45, 7) is 6.06. The Labute approximate surface area is 101 Å². The fourth-order valence-corrected chi connectivity index (χ4v) is 1.80. The Morgan fingerprint density at radius 1 is 1.53 bits per heavy atom. The molecule has 2 aromatic heterocycles. The minimum absolute atomic E-state index is 0.471. The highest BCUT2D eigenvalue weighted by Crippen LogP contribution is 2.16. The number of hydrogen-bond acceptors (Lipinski definition) is 3. The summed E-state index contributed by atoms with van der Waals surface area (Å²) in [7, 11) is 0. The van der Waals surface area contributed by atoms with Crippen LogP contribution in [0.5, 0.6) is 0 Å². The van der Waals surface area contributed by atoms with E-state index in [2.05, 4.69) is 35.2 Å². The van der Waals surface area contributed by atoms with Gasteiger partial charge in [0, 0.05) is 12.7 Å². The molecule has 0 saturated heterocycles. The number of H-pyrrole nitrogens is 1. The topological polar surface area (TPSA) is 64.5 Å². The lowest BCUT2D eigenvalue weighted by Gasteiger charge is -2.08. The van der Waals surface area contributed by atoms with Gasteiger partial charge in [0.15, 0.2) is 0 Å². The molecule has 17 heavy (non-hydrogen) atoms. The van der Waals surface area contributed by atoms with Gasteiger partial charge in [-0.05, 0) is 30.2 Å². The third-order valence-electron chi connectivity index (χ3n) is 2.58. The average Bonchev–Trinajstić information content (AvgIpc) is 2.76. The summed E-state index contributed by atoms with van der Waals surface area (Å²) >= 11 is 0. The first-order chi connectivity index (χ1) is 8.20. The van der Waals surface area contributed by atoms with Crippen LogP contribution in [0.15, 0.2) is 18.3 Å². The van der Waals surface area contributed by atoms with Gasteiger partial charge < -0.3 is 10.3 Å². The van der Waals surface area contributed by atoms with Gasteiger partial charge in [0.05, 0.1) is 11.0 Å². The number of nitrogens with one attached hydrogen (secondary N) is 2. The van der Waals surface area contributed by atoms with Crippen molar-refractivity contribution in [2.75, 3.05) is 6.54 Å². The zero-order valence-corrected chi connectivity index (χ0v) is 10.1. The van der Waals surface area contributed by atoms with Crippen LogP contribution in [0, 0.1) is 17.2 Å². The Morgan fingerprint density at radius 2 is 2.35 bits per heavy atom. The van der Waals surface area contributed by atoms with E-state index in [1.807, 2.05) is 18.3 Å². The van der Waals surface area contributed by atoms with Crippen molar-refractivity contribution in [2.45, 2.75) is 20.4 Å². The molecule has 0 bridgehead atoms. The smallest absolute Gasteiger partial charge is 0.141 e. The molecule has 0 fully saturated rings. The molecule has 0 amide bonds. The SMILES string of the molecule is CC(C)CNCc1cc(C#N)nc2cc[nH]c12. The van der Waals surface area contributed by atoms with E-state index >= 15 is 0 Å². The molecule has 0 aromatic carbocycles. The minimum atomic E-state index is 0.471. The number of hydrogen-bond donors (Lipinski definition) is 2. The van der Waals surface area contributed by atoms with Gasteiger partial charge in [0.1, 0.15) is 11.8 Å². The summed E-state index contributed by atoms with van der Waals surface area (Å²) in [5.41, 5.74) is 3.43. The molecule has 2 N–H and O–H groups in total. The van der Waals surface area contributed by atoms with Crippen molar-refractivity contribution in [1.82, 2.24) is 15.3 Å². The molecule has 0 aliphatic heterocycles. The van der Waals surface area contributed by atoms with Gasteiger partial charge >= 0.3 is 0 Å². The number of nitriles is 1. The van der Waals surface area contributed by atoms with Gasteiger partial charge in [0.2, 0.25) is 0 Å². The summed E-state index contributed by atoms with van der Waals surface area (Å²) in [6, 6.07) is 5.83. The van der Waals surface area contributed by atoms with Crippen molar-refractivity contribution < 1.29 is 0 Å². The Hall–Kier alpha value is -1.86. The fourth-order valence-electron chi connectivity index (χ4n) is 1.80. The van der Waals surface area contributed by atoms with Crippen LogP contribution < -0.4 is 5.32 Å². The van der Waals surface area contributed by atoms with Crippen molar-refractivity contribution in [3.63, 3.8) is 0 Å². The van der Waals surface area contributed by atoms with Gasteiger partial charge in [-0.1, -0.05) is 13.8 Å². The van der Waals surface area contributed by atoms with Crippen LogP contribution in [0.4, 0.5) is 0 Å².